The van der Waals surface area contributed by atoms with Gasteiger partial charge in [0.15, 0.2) is 5.17 Å². The van der Waals surface area contributed by atoms with Gasteiger partial charge in [0.1, 0.15) is 11.5 Å². The van der Waals surface area contributed by atoms with Crippen LogP contribution in [0.15, 0.2) is 58.4 Å². The molecule has 3 rings (SSSR count). The predicted octanol–water partition coefficient (Wildman–Crippen LogP) is 3.42. The number of halogens is 1. The van der Waals surface area contributed by atoms with Gasteiger partial charge in [0.05, 0.1) is 10.5 Å². The minimum Gasteiger partial charge on any atom is -0.478 e. The van der Waals surface area contributed by atoms with Gasteiger partial charge in [-0.05, 0) is 41.6 Å². The lowest BCUT2D eigenvalue weighted by Crippen LogP contribution is -2.19. The molecule has 1 aliphatic rings. The second-order valence-corrected chi connectivity index (χ2v) is 5.86. The highest BCUT2D eigenvalue weighted by Gasteiger charge is 2.24. The molecule has 0 radical (unpaired) electrons. The first-order chi connectivity index (χ1) is 11.5. The number of carboxylic acids is 1. The molecule has 0 saturated carbocycles. The highest BCUT2D eigenvalue weighted by molar-refractivity contribution is 8.18. The third kappa shape index (κ3) is 3.36. The maximum Gasteiger partial charge on any atom is 0.336 e. The summed E-state index contributed by atoms with van der Waals surface area (Å²) in [6.45, 7) is 0. The Labute approximate surface area is 140 Å². The van der Waals surface area contributed by atoms with Crippen molar-refractivity contribution in [1.29, 1.82) is 0 Å². The van der Waals surface area contributed by atoms with Gasteiger partial charge in [0.25, 0.3) is 5.91 Å². The molecular weight excluding hydrogens is 331 g/mol. The van der Waals surface area contributed by atoms with E-state index in [1.54, 1.807) is 30.3 Å². The summed E-state index contributed by atoms with van der Waals surface area (Å²) in [6, 6.07) is 12.3. The van der Waals surface area contributed by atoms with Gasteiger partial charge in [-0.25, -0.2) is 14.2 Å². The molecule has 0 spiro atoms. The molecule has 1 saturated heterocycles. The zero-order chi connectivity index (χ0) is 17.1. The van der Waals surface area contributed by atoms with Crippen molar-refractivity contribution in [1.82, 2.24) is 5.32 Å². The summed E-state index contributed by atoms with van der Waals surface area (Å²) in [5.41, 5.74) is 0.625. The number of para-hydroxylation sites is 1. The van der Waals surface area contributed by atoms with E-state index in [2.05, 4.69) is 10.3 Å². The number of nitrogens with one attached hydrogen (secondary N) is 1. The molecule has 0 atom stereocenters. The van der Waals surface area contributed by atoms with Crippen molar-refractivity contribution in [2.24, 2.45) is 4.99 Å². The lowest BCUT2D eigenvalue weighted by atomic mass is 10.1. The molecule has 0 aliphatic carbocycles. The first-order valence-electron chi connectivity index (χ1n) is 6.91. The largest absolute Gasteiger partial charge is 0.478 e. The number of hydrogen-bond donors (Lipinski definition) is 2. The quantitative estimate of drug-likeness (QED) is 0.838. The van der Waals surface area contributed by atoms with Crippen LogP contribution in [-0.2, 0) is 4.79 Å². The molecule has 0 bridgehead atoms. The first-order valence-corrected chi connectivity index (χ1v) is 7.72. The summed E-state index contributed by atoms with van der Waals surface area (Å²) in [5, 5.41) is 12.0. The van der Waals surface area contributed by atoms with E-state index in [4.69, 9.17) is 0 Å². The fraction of sp³-hybridized carbons (Fsp3) is 0. The number of aliphatic imine (C=N–C) groups is 1. The van der Waals surface area contributed by atoms with E-state index in [9.17, 15) is 19.1 Å². The van der Waals surface area contributed by atoms with Crippen molar-refractivity contribution in [3.05, 3.63) is 70.4 Å². The lowest BCUT2D eigenvalue weighted by Gasteiger charge is -2.00. The molecule has 2 aromatic carbocycles. The summed E-state index contributed by atoms with van der Waals surface area (Å²) < 4.78 is 13.6. The van der Waals surface area contributed by atoms with E-state index in [0.29, 0.717) is 10.5 Å². The molecule has 24 heavy (non-hydrogen) atoms. The highest BCUT2D eigenvalue weighted by atomic mass is 32.2. The molecule has 1 heterocycles. The molecule has 1 amide bonds. The van der Waals surface area contributed by atoms with Gasteiger partial charge in [-0.2, -0.15) is 0 Å². The average Bonchev–Trinajstić information content (AvgIpc) is 2.89. The third-order valence-electron chi connectivity index (χ3n) is 3.20. The van der Waals surface area contributed by atoms with Crippen LogP contribution in [0.1, 0.15) is 15.9 Å². The van der Waals surface area contributed by atoms with Crippen molar-refractivity contribution >= 4 is 40.6 Å². The summed E-state index contributed by atoms with van der Waals surface area (Å²) in [6.07, 6.45) is 1.48. The number of carbonyl (C=O) groups is 2. The van der Waals surface area contributed by atoms with E-state index in [0.717, 1.165) is 11.8 Å². The number of carboxylic acid groups (broad SMARTS) is 1. The Morgan fingerprint density at radius 1 is 1.17 bits per heavy atom. The average molecular weight is 342 g/mol. The molecule has 2 aromatic rings. The van der Waals surface area contributed by atoms with E-state index in [1.165, 1.54) is 24.3 Å². The Hall–Kier alpha value is -2.93. The maximum absolute atomic E-state index is 13.6. The zero-order valence-electron chi connectivity index (χ0n) is 12.2. The first kappa shape index (κ1) is 15.9. The van der Waals surface area contributed by atoms with Gasteiger partial charge in [-0.3, -0.25) is 4.79 Å². The molecule has 5 nitrogen and oxygen atoms in total. The number of amides is 1. The van der Waals surface area contributed by atoms with Crippen LogP contribution in [0.25, 0.3) is 6.08 Å². The summed E-state index contributed by atoms with van der Waals surface area (Å²) in [5.74, 6) is -1.98. The molecular formula is C17H11FN2O3S. The zero-order valence-corrected chi connectivity index (χ0v) is 13.0. The number of hydrogen-bond acceptors (Lipinski definition) is 4. The second kappa shape index (κ2) is 6.67. The second-order valence-electron chi connectivity index (χ2n) is 4.83. The van der Waals surface area contributed by atoms with E-state index in [1.807, 2.05) is 0 Å². The van der Waals surface area contributed by atoms with Gasteiger partial charge in [0, 0.05) is 0 Å². The van der Waals surface area contributed by atoms with Gasteiger partial charge in [-0.15, -0.1) is 0 Å². The predicted molar refractivity (Wildman–Crippen MR) is 90.6 cm³/mol. The summed E-state index contributed by atoms with van der Waals surface area (Å²) in [4.78, 5) is 27.6. The van der Waals surface area contributed by atoms with Crippen molar-refractivity contribution in [2.45, 2.75) is 0 Å². The SMILES string of the molecule is O=C1NC(=Nc2ccccc2F)S/C1=C/c1ccccc1C(=O)O. The van der Waals surface area contributed by atoms with Crippen LogP contribution < -0.4 is 5.32 Å². The Morgan fingerprint density at radius 3 is 2.62 bits per heavy atom. The maximum atomic E-state index is 13.6. The topological polar surface area (TPSA) is 78.8 Å². The molecule has 0 aromatic heterocycles. The standard InChI is InChI=1S/C17H11FN2O3S/c18-12-7-3-4-8-13(12)19-17-20-15(21)14(24-17)9-10-5-1-2-6-11(10)16(22)23/h1-9H,(H,22,23)(H,19,20,21)/b14-9+. The smallest absolute Gasteiger partial charge is 0.336 e. The summed E-state index contributed by atoms with van der Waals surface area (Å²) in [7, 11) is 0. The Bertz CT molecular complexity index is 893. The lowest BCUT2D eigenvalue weighted by molar-refractivity contribution is -0.115. The molecule has 2 N–H and O–H groups in total. The molecule has 0 unspecified atom stereocenters. The third-order valence-corrected chi connectivity index (χ3v) is 4.11. The number of amidine groups is 1. The molecule has 120 valence electrons. The minimum atomic E-state index is -1.08. The van der Waals surface area contributed by atoms with Crippen LogP contribution in [0.5, 0.6) is 0 Å². The van der Waals surface area contributed by atoms with E-state index >= 15 is 0 Å². The minimum absolute atomic E-state index is 0.0953. The van der Waals surface area contributed by atoms with Crippen molar-refractivity contribution in [3.63, 3.8) is 0 Å². The Kier molecular flexibility index (Phi) is 4.43. The molecule has 1 aliphatic heterocycles. The normalized spacial score (nSPS) is 17.3. The van der Waals surface area contributed by atoms with E-state index in [-0.39, 0.29) is 16.4 Å². The molecule has 1 fully saturated rings. The van der Waals surface area contributed by atoms with Crippen LogP contribution in [0.2, 0.25) is 0 Å². The highest BCUT2D eigenvalue weighted by Crippen LogP contribution is 2.29. The number of carbonyl (C=O) groups excluding carboxylic acids is 1. The fourth-order valence-electron chi connectivity index (χ4n) is 2.09. The number of aromatic carboxylic acids is 1. The van der Waals surface area contributed by atoms with Crippen molar-refractivity contribution in [2.75, 3.05) is 0 Å². The number of nitrogens with zero attached hydrogens (tertiary/aromatic N) is 1. The van der Waals surface area contributed by atoms with Crippen LogP contribution in [0, 0.1) is 5.82 Å². The fourth-order valence-corrected chi connectivity index (χ4v) is 2.92. The van der Waals surface area contributed by atoms with Crippen LogP contribution in [0.4, 0.5) is 10.1 Å². The van der Waals surface area contributed by atoms with Crippen LogP contribution in [-0.4, -0.2) is 22.2 Å². The number of rotatable bonds is 3. The van der Waals surface area contributed by atoms with E-state index < -0.39 is 17.7 Å². The molecule has 7 heteroatoms. The van der Waals surface area contributed by atoms with Crippen LogP contribution in [0.3, 0.4) is 0 Å². The van der Waals surface area contributed by atoms with Gasteiger partial charge in [0.2, 0.25) is 0 Å². The van der Waals surface area contributed by atoms with Crippen molar-refractivity contribution < 1.29 is 19.1 Å². The number of benzene rings is 2. The number of thioether (sulfide) groups is 1. The summed E-state index contributed by atoms with van der Waals surface area (Å²) >= 11 is 1.03. The van der Waals surface area contributed by atoms with Crippen molar-refractivity contribution in [3.8, 4) is 0 Å². The Balaban J connectivity index is 1.91. The van der Waals surface area contributed by atoms with Gasteiger partial charge in [-0.1, -0.05) is 30.3 Å². The van der Waals surface area contributed by atoms with Gasteiger partial charge < -0.3 is 10.4 Å². The van der Waals surface area contributed by atoms with Gasteiger partial charge >= 0.3 is 5.97 Å². The van der Waals surface area contributed by atoms with Crippen LogP contribution >= 0.6 is 11.8 Å². The Morgan fingerprint density at radius 2 is 1.88 bits per heavy atom. The monoisotopic (exact) mass is 342 g/mol.